The minimum atomic E-state index is -0.445. The Labute approximate surface area is 127 Å². The normalized spacial score (nSPS) is 26.4. The largest absolute Gasteiger partial charge is 0.369 e. The summed E-state index contributed by atoms with van der Waals surface area (Å²) in [5, 5.41) is 0.127. The molecular formula is C15H18ClFN4. The van der Waals surface area contributed by atoms with Crippen molar-refractivity contribution in [3.63, 3.8) is 0 Å². The number of nitrogens with two attached hydrogens (primary N) is 1. The third-order valence-electron chi connectivity index (χ3n) is 4.91. The van der Waals surface area contributed by atoms with Crippen molar-refractivity contribution in [1.82, 2.24) is 14.5 Å². The van der Waals surface area contributed by atoms with Crippen molar-refractivity contribution >= 4 is 28.6 Å². The van der Waals surface area contributed by atoms with Crippen LogP contribution in [0.25, 0.3) is 11.0 Å². The average molecular weight is 309 g/mol. The van der Waals surface area contributed by atoms with Crippen molar-refractivity contribution in [3.8, 4) is 0 Å². The van der Waals surface area contributed by atoms with Crippen LogP contribution in [0.4, 0.5) is 10.3 Å². The van der Waals surface area contributed by atoms with Crippen molar-refractivity contribution in [2.75, 3.05) is 18.8 Å². The molecule has 3 heterocycles. The van der Waals surface area contributed by atoms with E-state index in [1.165, 1.54) is 31.9 Å². The number of hydrogen-bond donors (Lipinski definition) is 1. The lowest BCUT2D eigenvalue weighted by Gasteiger charge is -2.33. The van der Waals surface area contributed by atoms with Crippen LogP contribution in [-0.4, -0.2) is 33.6 Å². The van der Waals surface area contributed by atoms with Gasteiger partial charge >= 0.3 is 0 Å². The SMILES string of the molecule is Nc1nc2cc(F)c(Cl)cc2n1C1CCN2CCCCC12. The molecule has 0 spiro atoms. The highest BCUT2D eigenvalue weighted by Gasteiger charge is 2.38. The number of halogens is 2. The first-order valence-corrected chi connectivity index (χ1v) is 7.89. The number of hydrogen-bond acceptors (Lipinski definition) is 3. The topological polar surface area (TPSA) is 47.1 Å². The Balaban J connectivity index is 1.82. The van der Waals surface area contributed by atoms with Gasteiger partial charge in [0.2, 0.25) is 5.95 Å². The second-order valence-corrected chi connectivity index (χ2v) is 6.46. The summed E-state index contributed by atoms with van der Waals surface area (Å²) in [5.41, 5.74) is 7.55. The molecular weight excluding hydrogens is 291 g/mol. The molecule has 6 heteroatoms. The molecule has 2 unspecified atom stereocenters. The summed E-state index contributed by atoms with van der Waals surface area (Å²) in [6, 6.07) is 3.86. The van der Waals surface area contributed by atoms with Crippen LogP contribution in [0.5, 0.6) is 0 Å². The van der Waals surface area contributed by atoms with Crippen molar-refractivity contribution in [3.05, 3.63) is 23.0 Å². The van der Waals surface area contributed by atoms with E-state index in [0.717, 1.165) is 18.5 Å². The lowest BCUT2D eigenvalue weighted by Crippen LogP contribution is -2.37. The van der Waals surface area contributed by atoms with Gasteiger partial charge in [-0.05, 0) is 31.9 Å². The van der Waals surface area contributed by atoms with Crippen LogP contribution in [0.1, 0.15) is 31.7 Å². The molecule has 2 N–H and O–H groups in total. The Bertz CT molecular complexity index is 699. The van der Waals surface area contributed by atoms with Gasteiger partial charge in [0.25, 0.3) is 0 Å². The quantitative estimate of drug-likeness (QED) is 0.880. The van der Waals surface area contributed by atoms with Crippen molar-refractivity contribution < 1.29 is 4.39 Å². The van der Waals surface area contributed by atoms with E-state index in [2.05, 4.69) is 14.5 Å². The summed E-state index contributed by atoms with van der Waals surface area (Å²) < 4.78 is 15.7. The summed E-state index contributed by atoms with van der Waals surface area (Å²) in [6.45, 7) is 2.27. The molecule has 2 aliphatic rings. The van der Waals surface area contributed by atoms with Crippen LogP contribution < -0.4 is 5.73 Å². The molecule has 1 aromatic carbocycles. The van der Waals surface area contributed by atoms with E-state index in [1.807, 2.05) is 0 Å². The maximum atomic E-state index is 13.6. The molecule has 2 atom stereocenters. The predicted octanol–water partition coefficient (Wildman–Crippen LogP) is 3.21. The van der Waals surface area contributed by atoms with E-state index in [0.29, 0.717) is 23.5 Å². The van der Waals surface area contributed by atoms with Gasteiger partial charge in [-0.25, -0.2) is 9.37 Å². The molecule has 2 fully saturated rings. The number of nitrogen functional groups attached to an aromatic ring is 1. The third-order valence-corrected chi connectivity index (χ3v) is 5.20. The second-order valence-electron chi connectivity index (χ2n) is 6.05. The van der Waals surface area contributed by atoms with Gasteiger partial charge in [-0.1, -0.05) is 18.0 Å². The van der Waals surface area contributed by atoms with Gasteiger partial charge in [0.15, 0.2) is 0 Å². The van der Waals surface area contributed by atoms with Crippen LogP contribution in [-0.2, 0) is 0 Å². The van der Waals surface area contributed by atoms with E-state index in [9.17, 15) is 4.39 Å². The monoisotopic (exact) mass is 308 g/mol. The van der Waals surface area contributed by atoms with E-state index in [1.54, 1.807) is 6.07 Å². The van der Waals surface area contributed by atoms with Crippen molar-refractivity contribution in [1.29, 1.82) is 0 Å². The fourth-order valence-electron chi connectivity index (χ4n) is 3.98. The summed E-state index contributed by atoms with van der Waals surface area (Å²) in [5.74, 6) is 0.0172. The molecule has 0 radical (unpaired) electrons. The Morgan fingerprint density at radius 3 is 2.90 bits per heavy atom. The predicted molar refractivity (Wildman–Crippen MR) is 82.0 cm³/mol. The third kappa shape index (κ3) is 2.02. The molecule has 4 nitrogen and oxygen atoms in total. The maximum Gasteiger partial charge on any atom is 0.201 e. The van der Waals surface area contributed by atoms with Crippen LogP contribution in [0.3, 0.4) is 0 Å². The molecule has 2 aromatic rings. The maximum absolute atomic E-state index is 13.6. The molecule has 2 aliphatic heterocycles. The van der Waals surface area contributed by atoms with Gasteiger partial charge in [0.1, 0.15) is 5.82 Å². The van der Waals surface area contributed by atoms with Gasteiger partial charge in [-0.3, -0.25) is 4.90 Å². The summed E-state index contributed by atoms with van der Waals surface area (Å²) in [7, 11) is 0. The molecule has 0 saturated carbocycles. The molecule has 0 aliphatic carbocycles. The van der Waals surface area contributed by atoms with E-state index < -0.39 is 5.82 Å². The van der Waals surface area contributed by atoms with Crippen LogP contribution in [0.2, 0.25) is 5.02 Å². The highest BCUT2D eigenvalue weighted by atomic mass is 35.5. The summed E-state index contributed by atoms with van der Waals surface area (Å²) in [4.78, 5) is 6.87. The first-order valence-electron chi connectivity index (χ1n) is 7.51. The first kappa shape index (κ1) is 13.3. The lowest BCUT2D eigenvalue weighted by molar-refractivity contribution is 0.175. The van der Waals surface area contributed by atoms with Gasteiger partial charge in [-0.2, -0.15) is 0 Å². The lowest BCUT2D eigenvalue weighted by atomic mass is 9.99. The van der Waals surface area contributed by atoms with Gasteiger partial charge in [-0.15, -0.1) is 0 Å². The molecule has 4 rings (SSSR count). The number of anilines is 1. The zero-order valence-electron chi connectivity index (χ0n) is 11.7. The Morgan fingerprint density at radius 1 is 1.19 bits per heavy atom. The van der Waals surface area contributed by atoms with Crippen molar-refractivity contribution in [2.45, 2.75) is 37.8 Å². The first-order chi connectivity index (χ1) is 10.1. The molecule has 112 valence electrons. The van der Waals surface area contributed by atoms with Gasteiger partial charge in [0, 0.05) is 18.7 Å². The number of imidazole rings is 1. The van der Waals surface area contributed by atoms with Crippen LogP contribution in [0.15, 0.2) is 12.1 Å². The number of nitrogens with zero attached hydrogens (tertiary/aromatic N) is 3. The summed E-state index contributed by atoms with van der Waals surface area (Å²) in [6.07, 6.45) is 4.80. The molecule has 21 heavy (non-hydrogen) atoms. The van der Waals surface area contributed by atoms with E-state index in [-0.39, 0.29) is 5.02 Å². The van der Waals surface area contributed by atoms with Crippen molar-refractivity contribution in [2.24, 2.45) is 0 Å². The Hall–Kier alpha value is -1.33. The van der Waals surface area contributed by atoms with E-state index >= 15 is 0 Å². The number of rotatable bonds is 1. The van der Waals surface area contributed by atoms with Crippen LogP contribution in [0, 0.1) is 5.82 Å². The van der Waals surface area contributed by atoms with Gasteiger partial charge < -0.3 is 10.3 Å². The number of aromatic nitrogens is 2. The Kier molecular flexibility index (Phi) is 3.08. The summed E-state index contributed by atoms with van der Waals surface area (Å²) >= 11 is 5.95. The Morgan fingerprint density at radius 2 is 2.05 bits per heavy atom. The molecule has 1 aromatic heterocycles. The average Bonchev–Trinajstić information content (AvgIpc) is 3.00. The highest BCUT2D eigenvalue weighted by molar-refractivity contribution is 6.31. The number of piperidine rings is 1. The second kappa shape index (κ2) is 4.85. The number of fused-ring (bicyclic) bond motifs is 2. The fraction of sp³-hybridized carbons (Fsp3) is 0.533. The number of benzene rings is 1. The highest BCUT2D eigenvalue weighted by Crippen LogP contribution is 2.39. The van der Waals surface area contributed by atoms with Gasteiger partial charge in [0.05, 0.1) is 22.1 Å². The zero-order valence-corrected chi connectivity index (χ0v) is 12.5. The van der Waals surface area contributed by atoms with E-state index in [4.69, 9.17) is 17.3 Å². The minimum absolute atomic E-state index is 0.127. The molecule has 0 bridgehead atoms. The molecule has 0 amide bonds. The standard InChI is InChI=1S/C15H18ClFN4/c16-9-7-14-11(8-10(9)17)19-15(18)21(14)13-4-6-20-5-2-1-3-12(13)20/h7-8,12-13H,1-6H2,(H2,18,19). The smallest absolute Gasteiger partial charge is 0.201 e. The minimum Gasteiger partial charge on any atom is -0.369 e. The zero-order chi connectivity index (χ0) is 14.6. The van der Waals surface area contributed by atoms with Crippen LogP contribution >= 0.6 is 11.6 Å². The molecule has 2 saturated heterocycles. The fourth-order valence-corrected chi connectivity index (χ4v) is 4.14.